The molecule has 0 radical (unpaired) electrons. The van der Waals surface area contributed by atoms with Gasteiger partial charge in [-0.25, -0.2) is 15.0 Å². The number of hydrogen-bond acceptors (Lipinski definition) is 8. The number of fused-ring (bicyclic) bond motifs is 1. The van der Waals surface area contributed by atoms with Crippen LogP contribution in [0, 0.1) is 11.5 Å². The summed E-state index contributed by atoms with van der Waals surface area (Å²) in [7, 11) is 2.11. The Balaban J connectivity index is 0.000000314. The molecule has 3 aromatic heterocycles. The minimum absolute atomic E-state index is 0.0730. The average molecular weight is 592 g/mol. The summed E-state index contributed by atoms with van der Waals surface area (Å²) in [5.74, 6) is 0.775. The molecule has 1 amide bonds. The van der Waals surface area contributed by atoms with Crippen LogP contribution in [0.5, 0.6) is 0 Å². The lowest BCUT2D eigenvalue weighted by Crippen LogP contribution is -2.38. The molecule has 43 heavy (non-hydrogen) atoms. The van der Waals surface area contributed by atoms with Crippen LogP contribution in [0.15, 0.2) is 54.7 Å². The van der Waals surface area contributed by atoms with Gasteiger partial charge in [0, 0.05) is 36.9 Å². The van der Waals surface area contributed by atoms with Crippen LogP contribution in [-0.2, 0) is 11.0 Å². The summed E-state index contributed by atoms with van der Waals surface area (Å²) in [4.78, 5) is 27.6. The predicted molar refractivity (Wildman–Crippen MR) is 156 cm³/mol. The summed E-state index contributed by atoms with van der Waals surface area (Å²) < 4.78 is 41.7. The van der Waals surface area contributed by atoms with E-state index >= 15 is 0 Å². The number of nitriles is 1. The molecule has 5 heterocycles. The third-order valence-corrected chi connectivity index (χ3v) is 7.85. The zero-order valence-electron chi connectivity index (χ0n) is 23.6. The number of anilines is 1. The van der Waals surface area contributed by atoms with E-state index in [2.05, 4.69) is 32.2 Å². The first-order valence-electron chi connectivity index (χ1n) is 14.0. The number of nitrogens with one attached hydrogen (secondary N) is 1. The van der Waals surface area contributed by atoms with Crippen LogP contribution in [0.4, 0.5) is 19.0 Å². The van der Waals surface area contributed by atoms with Gasteiger partial charge in [0.15, 0.2) is 17.7 Å². The molecule has 0 spiro atoms. The number of nitrogens with two attached hydrogens (primary N) is 1. The fraction of sp³-hybridized carbons (Fsp3) is 0.367. The molecule has 6 rings (SSSR count). The highest BCUT2D eigenvalue weighted by atomic mass is 19.4. The van der Waals surface area contributed by atoms with Crippen molar-refractivity contribution in [2.45, 2.75) is 37.4 Å². The van der Waals surface area contributed by atoms with Crippen molar-refractivity contribution in [2.24, 2.45) is 0 Å². The lowest BCUT2D eigenvalue weighted by Gasteiger charge is -2.27. The molecule has 0 saturated carbocycles. The maximum absolute atomic E-state index is 13.4. The number of piperidine rings is 1. The van der Waals surface area contributed by atoms with Crippen LogP contribution in [0.1, 0.15) is 36.4 Å². The number of pyridine rings is 2. The molecule has 2 aliphatic heterocycles. The first-order valence-corrected chi connectivity index (χ1v) is 14.0. The largest absolute Gasteiger partial charge is 0.433 e. The van der Waals surface area contributed by atoms with E-state index in [1.165, 1.54) is 12.3 Å². The van der Waals surface area contributed by atoms with Gasteiger partial charge in [0.05, 0.1) is 5.56 Å². The minimum Gasteiger partial charge on any atom is -0.383 e. The summed E-state index contributed by atoms with van der Waals surface area (Å²) in [6.07, 6.45) is 2.84. The van der Waals surface area contributed by atoms with Gasteiger partial charge in [0.1, 0.15) is 17.0 Å². The molecular formula is C30H32F3N9O. The van der Waals surface area contributed by atoms with E-state index in [0.29, 0.717) is 41.7 Å². The summed E-state index contributed by atoms with van der Waals surface area (Å²) >= 11 is 0. The molecule has 0 bridgehead atoms. The van der Waals surface area contributed by atoms with Crippen LogP contribution >= 0.6 is 0 Å². The highest BCUT2D eigenvalue weighted by Gasteiger charge is 2.33. The summed E-state index contributed by atoms with van der Waals surface area (Å²) in [5, 5.41) is 11.1. The maximum Gasteiger partial charge on any atom is 0.433 e. The molecule has 10 nitrogen and oxygen atoms in total. The molecule has 0 aliphatic carbocycles. The quantitative estimate of drug-likeness (QED) is 0.201. The molecule has 1 atom stereocenters. The van der Waals surface area contributed by atoms with E-state index < -0.39 is 11.9 Å². The Hall–Kier alpha value is -4.70. The SMILES string of the molecule is CN1CCC(NC#N)CC1.Nc1ncccc1-c1nc2ccc(C(F)(F)F)nc2n1-c1ccc(C2CCN(C=O)C2)cc1. The zero-order chi connectivity index (χ0) is 30.6. The van der Waals surface area contributed by atoms with Crippen LogP contribution in [0.3, 0.4) is 0 Å². The Morgan fingerprint density at radius 3 is 2.42 bits per heavy atom. The third kappa shape index (κ3) is 6.70. The zero-order valence-corrected chi connectivity index (χ0v) is 23.6. The lowest BCUT2D eigenvalue weighted by atomic mass is 9.98. The number of amides is 1. The minimum atomic E-state index is -4.59. The lowest BCUT2D eigenvalue weighted by molar-refractivity contribution is -0.141. The van der Waals surface area contributed by atoms with Crippen LogP contribution in [-0.4, -0.2) is 75.0 Å². The maximum atomic E-state index is 13.4. The van der Waals surface area contributed by atoms with Gasteiger partial charge in [0.2, 0.25) is 6.41 Å². The Morgan fingerprint density at radius 1 is 1.05 bits per heavy atom. The van der Waals surface area contributed by atoms with E-state index in [4.69, 9.17) is 11.0 Å². The molecule has 2 fully saturated rings. The molecule has 13 heteroatoms. The van der Waals surface area contributed by atoms with Crippen molar-refractivity contribution in [2.75, 3.05) is 39.0 Å². The van der Waals surface area contributed by atoms with Gasteiger partial charge in [-0.2, -0.15) is 18.4 Å². The van der Waals surface area contributed by atoms with Crippen molar-refractivity contribution >= 4 is 23.4 Å². The van der Waals surface area contributed by atoms with E-state index in [1.54, 1.807) is 21.6 Å². The van der Waals surface area contributed by atoms with Gasteiger partial charge in [-0.3, -0.25) is 9.36 Å². The smallest absolute Gasteiger partial charge is 0.383 e. The van der Waals surface area contributed by atoms with Crippen molar-refractivity contribution in [3.8, 4) is 23.3 Å². The number of aromatic nitrogens is 4. The van der Waals surface area contributed by atoms with E-state index in [1.807, 2.05) is 30.5 Å². The molecule has 224 valence electrons. The number of alkyl halides is 3. The molecule has 4 aromatic rings. The highest BCUT2D eigenvalue weighted by Crippen LogP contribution is 2.34. The molecule has 3 N–H and O–H groups in total. The van der Waals surface area contributed by atoms with E-state index in [9.17, 15) is 18.0 Å². The number of likely N-dealkylation sites (tertiary alicyclic amines) is 2. The first kappa shape index (κ1) is 29.8. The van der Waals surface area contributed by atoms with Gasteiger partial charge in [-0.1, -0.05) is 12.1 Å². The Labute approximate surface area is 247 Å². The second kappa shape index (κ2) is 12.7. The fourth-order valence-electron chi connectivity index (χ4n) is 5.44. The van der Waals surface area contributed by atoms with Gasteiger partial charge in [-0.15, -0.1) is 0 Å². The van der Waals surface area contributed by atoms with Crippen LogP contribution in [0.2, 0.25) is 0 Å². The number of carbonyl (C=O) groups is 1. The van der Waals surface area contributed by atoms with Crippen molar-refractivity contribution in [1.82, 2.24) is 34.6 Å². The third-order valence-electron chi connectivity index (χ3n) is 7.85. The number of imidazole rings is 1. The number of carbonyl (C=O) groups excluding carboxylic acids is 1. The normalized spacial score (nSPS) is 17.7. The summed E-state index contributed by atoms with van der Waals surface area (Å²) in [6, 6.07) is 13.5. The number of halogens is 3. The molecule has 2 saturated heterocycles. The fourth-order valence-corrected chi connectivity index (χ4v) is 5.44. The van der Waals surface area contributed by atoms with Crippen LogP contribution in [0.25, 0.3) is 28.2 Å². The number of nitrogens with zero attached hydrogens (tertiary/aromatic N) is 7. The van der Waals surface area contributed by atoms with Crippen LogP contribution < -0.4 is 11.1 Å². The van der Waals surface area contributed by atoms with Crippen molar-refractivity contribution in [3.05, 3.63) is 66.0 Å². The Kier molecular flexibility index (Phi) is 8.77. The molecule has 1 unspecified atom stereocenters. The van der Waals surface area contributed by atoms with Crippen molar-refractivity contribution in [3.63, 3.8) is 0 Å². The van der Waals surface area contributed by atoms with E-state index in [-0.39, 0.29) is 17.4 Å². The van der Waals surface area contributed by atoms with Gasteiger partial charge < -0.3 is 20.9 Å². The second-order valence-corrected chi connectivity index (χ2v) is 10.8. The van der Waals surface area contributed by atoms with E-state index in [0.717, 1.165) is 50.4 Å². The Bertz CT molecular complexity index is 1610. The molecule has 2 aliphatic rings. The second-order valence-electron chi connectivity index (χ2n) is 10.8. The topological polar surface area (TPSA) is 129 Å². The van der Waals surface area contributed by atoms with Crippen molar-refractivity contribution in [1.29, 1.82) is 5.26 Å². The number of nitrogen functional groups attached to an aromatic ring is 1. The number of benzene rings is 1. The molecular weight excluding hydrogens is 559 g/mol. The predicted octanol–water partition coefficient (Wildman–Crippen LogP) is 4.18. The van der Waals surface area contributed by atoms with Crippen molar-refractivity contribution < 1.29 is 18.0 Å². The molecule has 1 aromatic carbocycles. The number of hydrogen-bond donors (Lipinski definition) is 2. The number of rotatable bonds is 5. The van der Waals surface area contributed by atoms with Gasteiger partial charge in [0.25, 0.3) is 0 Å². The monoisotopic (exact) mass is 591 g/mol. The Morgan fingerprint density at radius 2 is 1.79 bits per heavy atom. The average Bonchev–Trinajstić information content (AvgIpc) is 3.64. The standard InChI is InChI=1S/C23H19F3N6O.C7H13N3/c24-23(25,26)19-8-7-18-22(30-19)32(21(29-18)17-2-1-10-28-20(17)27)16-5-3-14(4-6-16)15-9-11-31(12-15)13-33;1-10-4-2-7(3-5-10)9-6-8/h1-8,10,13,15H,9,11-12H2,(H2,27,28);7,9H,2-5H2,1H3. The highest BCUT2D eigenvalue weighted by molar-refractivity contribution is 5.82. The van der Waals surface area contributed by atoms with Gasteiger partial charge >= 0.3 is 6.18 Å². The summed E-state index contributed by atoms with van der Waals surface area (Å²) in [5.41, 5.74) is 7.58. The van der Waals surface area contributed by atoms with Gasteiger partial charge in [-0.05, 0) is 81.4 Å². The first-order chi connectivity index (χ1) is 20.7. The summed E-state index contributed by atoms with van der Waals surface area (Å²) in [6.45, 7) is 3.57.